The largest absolute Gasteiger partial charge is 0.391 e. The fourth-order valence-electron chi connectivity index (χ4n) is 1.26. The quantitative estimate of drug-likeness (QED) is 0.590. The van der Waals surface area contributed by atoms with Gasteiger partial charge in [0.15, 0.2) is 0 Å². The van der Waals surface area contributed by atoms with Crippen molar-refractivity contribution in [2.24, 2.45) is 0 Å². The normalized spacial score (nSPS) is 12.5. The first-order chi connectivity index (χ1) is 8.02. The first-order valence-electron chi connectivity index (χ1n) is 5.81. The molecule has 0 aliphatic carbocycles. The summed E-state index contributed by atoms with van der Waals surface area (Å²) in [5, 5.41) is 21.6. The Hall–Kier alpha value is -1.56. The summed E-state index contributed by atoms with van der Waals surface area (Å²) >= 11 is 0. The summed E-state index contributed by atoms with van der Waals surface area (Å²) < 4.78 is 0. The van der Waals surface area contributed by atoms with E-state index in [1.807, 2.05) is 20.8 Å². The van der Waals surface area contributed by atoms with Crippen LogP contribution in [0, 0.1) is 0 Å². The number of aromatic nitrogens is 2. The van der Waals surface area contributed by atoms with Crippen LogP contribution in [0.5, 0.6) is 0 Å². The number of aromatic amines is 1. The van der Waals surface area contributed by atoms with Crippen molar-refractivity contribution in [1.29, 1.82) is 0 Å². The number of hydrogen-bond acceptors (Lipinski definition) is 4. The van der Waals surface area contributed by atoms with Gasteiger partial charge in [0.05, 0.1) is 6.10 Å². The number of amides is 1. The van der Waals surface area contributed by atoms with Crippen LogP contribution in [0.15, 0.2) is 6.07 Å². The lowest BCUT2D eigenvalue weighted by molar-refractivity contribution is 0.0909. The molecule has 4 N–H and O–H groups in total. The summed E-state index contributed by atoms with van der Waals surface area (Å²) in [7, 11) is 0. The molecule has 0 fully saturated rings. The average Bonchev–Trinajstić information content (AvgIpc) is 2.72. The lowest BCUT2D eigenvalue weighted by Crippen LogP contribution is -2.31. The summed E-state index contributed by atoms with van der Waals surface area (Å²) in [4.78, 5) is 11.6. The molecule has 6 heteroatoms. The van der Waals surface area contributed by atoms with Crippen molar-refractivity contribution in [2.75, 3.05) is 11.9 Å². The number of carbonyl (C=O) groups is 1. The predicted octanol–water partition coefficient (Wildman–Crippen LogP) is 0.731. The summed E-state index contributed by atoms with van der Waals surface area (Å²) in [6.07, 6.45) is 0.110. The molecule has 0 unspecified atom stereocenters. The fourth-order valence-corrected chi connectivity index (χ4v) is 1.26. The van der Waals surface area contributed by atoms with E-state index in [9.17, 15) is 9.90 Å². The second-order valence-electron chi connectivity index (χ2n) is 4.24. The van der Waals surface area contributed by atoms with Crippen molar-refractivity contribution in [3.63, 3.8) is 0 Å². The highest BCUT2D eigenvalue weighted by Crippen LogP contribution is 2.06. The minimum absolute atomic E-state index is 0.251. The molecule has 17 heavy (non-hydrogen) atoms. The average molecular weight is 240 g/mol. The summed E-state index contributed by atoms with van der Waals surface area (Å²) in [6.45, 7) is 6.09. The third kappa shape index (κ3) is 4.44. The smallest absolute Gasteiger partial charge is 0.269 e. The summed E-state index contributed by atoms with van der Waals surface area (Å²) in [5.41, 5.74) is 0.386. The number of carbonyl (C=O) groups excluding carboxylic acids is 1. The second-order valence-corrected chi connectivity index (χ2v) is 4.24. The lowest BCUT2D eigenvalue weighted by Gasteiger charge is -2.08. The monoisotopic (exact) mass is 240 g/mol. The van der Waals surface area contributed by atoms with E-state index in [2.05, 4.69) is 20.8 Å². The fraction of sp³-hybridized carbons (Fsp3) is 0.636. The molecule has 0 aliphatic heterocycles. The number of hydrogen-bond donors (Lipinski definition) is 4. The number of aliphatic hydroxyl groups excluding tert-OH is 1. The van der Waals surface area contributed by atoms with Gasteiger partial charge in [0.1, 0.15) is 11.5 Å². The molecule has 1 aromatic heterocycles. The van der Waals surface area contributed by atoms with Crippen molar-refractivity contribution < 1.29 is 9.90 Å². The lowest BCUT2D eigenvalue weighted by atomic mass is 10.3. The maximum atomic E-state index is 11.6. The number of rotatable bonds is 6. The van der Waals surface area contributed by atoms with Crippen LogP contribution in [-0.4, -0.2) is 39.9 Å². The molecular weight excluding hydrogens is 220 g/mol. The summed E-state index contributed by atoms with van der Waals surface area (Å²) in [5.74, 6) is 0.378. The van der Waals surface area contributed by atoms with Gasteiger partial charge in [-0.2, -0.15) is 5.10 Å². The number of nitrogens with one attached hydrogen (secondary N) is 3. The number of H-pyrrole nitrogens is 1. The van der Waals surface area contributed by atoms with Crippen molar-refractivity contribution in [2.45, 2.75) is 39.3 Å². The maximum absolute atomic E-state index is 11.6. The van der Waals surface area contributed by atoms with Crippen LogP contribution in [0.3, 0.4) is 0 Å². The Morgan fingerprint density at radius 2 is 2.29 bits per heavy atom. The SMILES string of the molecule is CC[C@H](O)CNC(=O)c1cc(NC(C)C)n[nH]1. The van der Waals surface area contributed by atoms with Crippen LogP contribution in [0.25, 0.3) is 0 Å². The molecular formula is C11H20N4O2. The Morgan fingerprint density at radius 3 is 2.88 bits per heavy atom. The van der Waals surface area contributed by atoms with Gasteiger partial charge in [-0.3, -0.25) is 9.89 Å². The number of anilines is 1. The van der Waals surface area contributed by atoms with Gasteiger partial charge in [-0.05, 0) is 20.3 Å². The van der Waals surface area contributed by atoms with Gasteiger partial charge in [-0.25, -0.2) is 0 Å². The third-order valence-corrected chi connectivity index (χ3v) is 2.23. The van der Waals surface area contributed by atoms with Crippen LogP contribution in [0.1, 0.15) is 37.7 Å². The molecule has 0 saturated carbocycles. The van der Waals surface area contributed by atoms with Gasteiger partial charge < -0.3 is 15.7 Å². The maximum Gasteiger partial charge on any atom is 0.269 e. The van der Waals surface area contributed by atoms with Gasteiger partial charge in [0, 0.05) is 18.7 Å². The molecule has 6 nitrogen and oxygen atoms in total. The molecule has 0 aliphatic rings. The second kappa shape index (κ2) is 6.24. The zero-order chi connectivity index (χ0) is 12.8. The topological polar surface area (TPSA) is 90.0 Å². The minimum atomic E-state index is -0.505. The van der Waals surface area contributed by atoms with Gasteiger partial charge in [0.25, 0.3) is 5.91 Å². The van der Waals surface area contributed by atoms with E-state index in [1.165, 1.54) is 0 Å². The zero-order valence-corrected chi connectivity index (χ0v) is 10.4. The molecule has 1 amide bonds. The number of nitrogens with zero attached hydrogens (tertiary/aromatic N) is 1. The molecule has 0 bridgehead atoms. The highest BCUT2D eigenvalue weighted by Gasteiger charge is 2.11. The van der Waals surface area contributed by atoms with E-state index in [0.717, 1.165) is 0 Å². The van der Waals surface area contributed by atoms with Crippen LogP contribution in [0.4, 0.5) is 5.82 Å². The van der Waals surface area contributed by atoms with E-state index >= 15 is 0 Å². The molecule has 1 rings (SSSR count). The molecule has 0 saturated heterocycles. The molecule has 1 aromatic rings. The van der Waals surface area contributed by atoms with Gasteiger partial charge in [0.2, 0.25) is 0 Å². The molecule has 1 heterocycles. The Labute approximate surface area is 101 Å². The van der Waals surface area contributed by atoms with Crippen LogP contribution in [0.2, 0.25) is 0 Å². The Kier molecular flexibility index (Phi) is 4.96. The van der Waals surface area contributed by atoms with Crippen molar-refractivity contribution in [3.8, 4) is 0 Å². The molecule has 0 aromatic carbocycles. The van der Waals surface area contributed by atoms with Gasteiger partial charge >= 0.3 is 0 Å². The van der Waals surface area contributed by atoms with E-state index < -0.39 is 6.10 Å². The third-order valence-electron chi connectivity index (χ3n) is 2.23. The first-order valence-corrected chi connectivity index (χ1v) is 5.81. The standard InChI is InChI=1S/C11H20N4O2/c1-4-8(16)6-12-11(17)9-5-10(15-14-9)13-7(2)3/h5,7-8,16H,4,6H2,1-3H3,(H,12,17)(H2,13,14,15)/t8-/m0/s1. The zero-order valence-electron chi connectivity index (χ0n) is 10.4. The van der Waals surface area contributed by atoms with Gasteiger partial charge in [-0.1, -0.05) is 6.92 Å². The summed E-state index contributed by atoms with van der Waals surface area (Å²) in [6, 6.07) is 1.91. The Bertz CT molecular complexity index is 362. The Balaban J connectivity index is 2.49. The molecule has 96 valence electrons. The van der Waals surface area contributed by atoms with Crippen molar-refractivity contribution >= 4 is 11.7 Å². The van der Waals surface area contributed by atoms with E-state index in [0.29, 0.717) is 17.9 Å². The highest BCUT2D eigenvalue weighted by molar-refractivity contribution is 5.92. The van der Waals surface area contributed by atoms with Crippen LogP contribution >= 0.6 is 0 Å². The van der Waals surface area contributed by atoms with Gasteiger partial charge in [-0.15, -0.1) is 0 Å². The van der Waals surface area contributed by atoms with Crippen LogP contribution < -0.4 is 10.6 Å². The molecule has 0 radical (unpaired) electrons. The van der Waals surface area contributed by atoms with E-state index in [4.69, 9.17) is 0 Å². The van der Waals surface area contributed by atoms with Crippen LogP contribution in [-0.2, 0) is 0 Å². The number of aliphatic hydroxyl groups is 1. The van der Waals surface area contributed by atoms with E-state index in [-0.39, 0.29) is 18.5 Å². The van der Waals surface area contributed by atoms with Crippen molar-refractivity contribution in [3.05, 3.63) is 11.8 Å². The predicted molar refractivity (Wildman–Crippen MR) is 66.0 cm³/mol. The molecule has 1 atom stereocenters. The van der Waals surface area contributed by atoms with Crippen molar-refractivity contribution in [1.82, 2.24) is 15.5 Å². The highest BCUT2D eigenvalue weighted by atomic mass is 16.3. The minimum Gasteiger partial charge on any atom is -0.391 e. The molecule has 0 spiro atoms. The van der Waals surface area contributed by atoms with E-state index in [1.54, 1.807) is 6.07 Å². The Morgan fingerprint density at radius 1 is 1.59 bits per heavy atom. The first kappa shape index (κ1) is 13.5.